The fourth-order valence-corrected chi connectivity index (χ4v) is 9.57. The summed E-state index contributed by atoms with van der Waals surface area (Å²) < 4.78 is 93.9. The molecule has 7 rings (SSSR count). The molecule has 2 aliphatic heterocycles. The van der Waals surface area contributed by atoms with Crippen LogP contribution in [0, 0.1) is 0 Å². The zero-order chi connectivity index (χ0) is 42.8. The Hall–Kier alpha value is -1.33. The molecule has 16 heteroatoms. The van der Waals surface area contributed by atoms with Gasteiger partial charge in [-0.15, -0.1) is 0 Å². The van der Waals surface area contributed by atoms with Crippen molar-refractivity contribution in [2.75, 3.05) is 11.5 Å². The van der Waals surface area contributed by atoms with E-state index in [9.17, 15) is 25.9 Å². The van der Waals surface area contributed by atoms with Gasteiger partial charge >= 0.3 is 73.4 Å². The van der Waals surface area contributed by atoms with Crippen molar-refractivity contribution in [3.05, 3.63) is 118 Å². The Balaban J connectivity index is 0.00000352. The van der Waals surface area contributed by atoms with Gasteiger partial charge in [-0.05, 0) is 149 Å². The minimum atomic E-state index is -4.28. The molecule has 314 valence electrons. The largest absolute Gasteiger partial charge is 1.00 e. The summed E-state index contributed by atoms with van der Waals surface area (Å²) >= 11 is 0. The van der Waals surface area contributed by atoms with Gasteiger partial charge in [-0.1, -0.05) is 84.9 Å². The maximum absolute atomic E-state index is 11.3. The molecular formula is C45H54B2Na2O10S2. The van der Waals surface area contributed by atoms with Crippen molar-refractivity contribution in [1.29, 1.82) is 0 Å². The van der Waals surface area contributed by atoms with Crippen LogP contribution in [0.1, 0.15) is 114 Å². The number of fused-ring (bicyclic) bond motifs is 3. The second-order valence-electron chi connectivity index (χ2n) is 18.4. The first-order valence-electron chi connectivity index (χ1n) is 20.5. The molecule has 61 heavy (non-hydrogen) atoms. The van der Waals surface area contributed by atoms with Crippen LogP contribution in [-0.2, 0) is 57.1 Å². The zero-order valence-electron chi connectivity index (χ0n) is 37.3. The van der Waals surface area contributed by atoms with Crippen molar-refractivity contribution in [3.63, 3.8) is 0 Å². The molecule has 1 aliphatic carbocycles. The quantitative estimate of drug-likeness (QED) is 0.0872. The second-order valence-corrected chi connectivity index (χ2v) is 21.4. The Bertz CT molecular complexity index is 2240. The molecule has 2 saturated heterocycles. The fraction of sp³-hybridized carbons (Fsp3) is 0.467. The molecule has 2 fully saturated rings. The summed E-state index contributed by atoms with van der Waals surface area (Å²) in [5, 5.41) is 0. The topological polar surface area (TPSA) is 151 Å². The van der Waals surface area contributed by atoms with Crippen LogP contribution in [-0.4, -0.2) is 74.1 Å². The molecule has 0 saturated carbocycles. The molecule has 4 aromatic rings. The van der Waals surface area contributed by atoms with Crippen LogP contribution >= 0.6 is 0 Å². The van der Waals surface area contributed by atoms with Crippen LogP contribution in [0.15, 0.2) is 84.9 Å². The van der Waals surface area contributed by atoms with Gasteiger partial charge in [0.05, 0.1) is 48.1 Å². The normalized spacial score (nSPS) is 19.2. The van der Waals surface area contributed by atoms with E-state index in [2.05, 4.69) is 84.9 Å². The van der Waals surface area contributed by atoms with E-state index in [-0.39, 0.29) is 70.6 Å². The van der Waals surface area contributed by atoms with Crippen molar-refractivity contribution in [3.8, 4) is 11.1 Å². The van der Waals surface area contributed by atoms with Crippen LogP contribution in [0.5, 0.6) is 0 Å². The van der Waals surface area contributed by atoms with E-state index in [1.165, 1.54) is 0 Å². The summed E-state index contributed by atoms with van der Waals surface area (Å²) in [6, 6.07) is 29.8. The summed E-state index contributed by atoms with van der Waals surface area (Å²) in [5.41, 5.74) is 7.03. The third kappa shape index (κ3) is 10.4. The van der Waals surface area contributed by atoms with E-state index in [1.54, 1.807) is 0 Å². The molecule has 0 spiro atoms. The van der Waals surface area contributed by atoms with E-state index in [0.29, 0.717) is 38.5 Å². The van der Waals surface area contributed by atoms with Gasteiger partial charge in [-0.25, -0.2) is 16.8 Å². The Kier molecular flexibility index (Phi) is 15.4. The average Bonchev–Trinajstić information content (AvgIpc) is 3.65. The number of unbranched alkanes of at least 4 members (excludes halogenated alkanes) is 2. The van der Waals surface area contributed by atoms with Crippen molar-refractivity contribution in [2.24, 2.45) is 0 Å². The van der Waals surface area contributed by atoms with Gasteiger partial charge in [0.25, 0.3) is 0 Å². The number of hydrogen-bond donors (Lipinski definition) is 0. The Labute approximate surface area is 408 Å². The van der Waals surface area contributed by atoms with E-state index in [4.69, 9.17) is 18.6 Å². The van der Waals surface area contributed by atoms with Gasteiger partial charge in [-0.2, -0.15) is 0 Å². The Morgan fingerprint density at radius 1 is 0.475 bits per heavy atom. The summed E-state index contributed by atoms with van der Waals surface area (Å²) in [4.78, 5) is 0. The molecule has 0 atom stereocenters. The van der Waals surface area contributed by atoms with E-state index < -0.39 is 62.3 Å². The molecule has 0 radical (unpaired) electrons. The summed E-state index contributed by atoms with van der Waals surface area (Å²) in [7, 11) is -9.76. The number of benzene rings is 4. The first kappa shape index (κ1) is 50.7. The molecule has 0 aromatic heterocycles. The zero-order valence-corrected chi connectivity index (χ0v) is 42.9. The van der Waals surface area contributed by atoms with Crippen molar-refractivity contribution >= 4 is 45.4 Å². The van der Waals surface area contributed by atoms with Gasteiger partial charge in [-0.3, -0.25) is 0 Å². The average molecular weight is 887 g/mol. The van der Waals surface area contributed by atoms with Gasteiger partial charge in [0.2, 0.25) is 0 Å². The van der Waals surface area contributed by atoms with Crippen molar-refractivity contribution < 1.29 is 104 Å². The van der Waals surface area contributed by atoms with Gasteiger partial charge < -0.3 is 27.7 Å². The van der Waals surface area contributed by atoms with Crippen LogP contribution in [0.25, 0.3) is 11.1 Å². The maximum atomic E-state index is 11.3. The van der Waals surface area contributed by atoms with Gasteiger partial charge in [0, 0.05) is 11.5 Å². The molecule has 4 aromatic carbocycles. The first-order valence-corrected chi connectivity index (χ1v) is 23.6. The van der Waals surface area contributed by atoms with Crippen LogP contribution in [0.4, 0.5) is 0 Å². The Morgan fingerprint density at radius 3 is 1.08 bits per heavy atom. The molecule has 0 unspecified atom stereocenters. The maximum Gasteiger partial charge on any atom is 1.00 e. The third-order valence-corrected chi connectivity index (χ3v) is 14.8. The van der Waals surface area contributed by atoms with Crippen molar-refractivity contribution in [1.82, 2.24) is 0 Å². The summed E-state index contributed by atoms with van der Waals surface area (Å²) in [6.07, 6.45) is 2.96. The molecule has 0 amide bonds. The Morgan fingerprint density at radius 2 is 0.787 bits per heavy atom. The van der Waals surface area contributed by atoms with Crippen LogP contribution in [0.2, 0.25) is 0 Å². The monoisotopic (exact) mass is 886 g/mol. The second kappa shape index (κ2) is 18.5. The molecular weight excluding hydrogens is 832 g/mol. The minimum absolute atomic E-state index is 0. The van der Waals surface area contributed by atoms with Gasteiger partial charge in [0.1, 0.15) is 0 Å². The predicted molar refractivity (Wildman–Crippen MR) is 230 cm³/mol. The molecule has 3 aliphatic rings. The smallest absolute Gasteiger partial charge is 0.748 e. The number of hydrogen-bond acceptors (Lipinski definition) is 10. The van der Waals surface area contributed by atoms with E-state index in [1.807, 2.05) is 55.4 Å². The molecule has 2 heterocycles. The third-order valence-electron chi connectivity index (χ3n) is 13.2. The van der Waals surface area contributed by atoms with Gasteiger partial charge in [0.15, 0.2) is 0 Å². The molecule has 0 N–H and O–H groups in total. The molecule has 0 bridgehead atoms. The standard InChI is InChI=1S/C45H56B2O10S2.2Na/c1-41(2)42(3,4)55-46(54-41)35-23-25-37-38-26-24-36(47-56-43(5,6)44(7,8)57-47)30-40(38)45(39(37)29-35,33-19-15-31(16-20-33)13-9-11-27-58(48,49)50)34-21-17-32(18-22-34)14-10-12-28-59(51,52)53;;/h15-26,29-30H,9-14,27-28H2,1-8H3,(H,48,49,50)(H,51,52,53);;/q;2*+1/p-2. The van der Waals surface area contributed by atoms with Crippen LogP contribution < -0.4 is 70.0 Å². The predicted octanol–water partition coefficient (Wildman–Crippen LogP) is 0.392. The van der Waals surface area contributed by atoms with Crippen LogP contribution in [0.3, 0.4) is 0 Å². The molecule has 10 nitrogen and oxygen atoms in total. The first-order chi connectivity index (χ1) is 27.4. The summed E-state index contributed by atoms with van der Waals surface area (Å²) in [6.45, 7) is 16.3. The fourth-order valence-electron chi connectivity index (χ4n) is 8.46. The number of rotatable bonds is 14. The minimum Gasteiger partial charge on any atom is -0.748 e. The van der Waals surface area contributed by atoms with E-state index >= 15 is 0 Å². The van der Waals surface area contributed by atoms with E-state index in [0.717, 1.165) is 55.4 Å². The van der Waals surface area contributed by atoms with Crippen molar-refractivity contribution in [2.45, 2.75) is 122 Å². The SMILES string of the molecule is CC1(C)OB(c2ccc3c(c2)C(c2ccc(CCCCS(=O)(=O)[O-])cc2)(c2ccc(CCCCS(=O)(=O)[O-])cc2)c2cc(B4OC(C)(C)C(C)(C)O4)ccc2-3)OC1(C)C.[Na+].[Na+]. The number of aryl methyl sites for hydroxylation is 2. The summed E-state index contributed by atoms with van der Waals surface area (Å²) in [5.74, 6) is -0.766.